The first-order valence-corrected chi connectivity index (χ1v) is 6.43. The summed E-state index contributed by atoms with van der Waals surface area (Å²) >= 11 is 3.49. The first kappa shape index (κ1) is 12.9. The molecule has 0 fully saturated rings. The number of aryl methyl sites for hydroxylation is 2. The minimum Gasteiger partial charge on any atom is -0.290 e. The summed E-state index contributed by atoms with van der Waals surface area (Å²) in [5.41, 5.74) is 1.80. The fourth-order valence-electron chi connectivity index (χ4n) is 1.69. The number of nitrogens with zero attached hydrogens (tertiary/aromatic N) is 4. The molecule has 0 N–H and O–H groups in total. The number of rotatable bonds is 4. The van der Waals surface area contributed by atoms with Crippen LogP contribution in [0.15, 0.2) is 22.9 Å². The van der Waals surface area contributed by atoms with Crippen molar-refractivity contribution in [2.24, 2.45) is 7.05 Å². The zero-order valence-corrected chi connectivity index (χ0v) is 11.8. The zero-order chi connectivity index (χ0) is 13.1. The van der Waals surface area contributed by atoms with Crippen molar-refractivity contribution in [2.45, 2.75) is 19.8 Å². The summed E-state index contributed by atoms with van der Waals surface area (Å²) in [5.74, 6) is 0.130. The highest BCUT2D eigenvalue weighted by Crippen LogP contribution is 2.22. The van der Waals surface area contributed by atoms with Crippen LogP contribution in [0.4, 0.5) is 0 Å². The van der Waals surface area contributed by atoms with E-state index in [0.29, 0.717) is 0 Å². The summed E-state index contributed by atoms with van der Waals surface area (Å²) in [6.45, 7) is 2.03. The van der Waals surface area contributed by atoms with Crippen LogP contribution in [0.2, 0.25) is 0 Å². The summed E-state index contributed by atoms with van der Waals surface area (Å²) in [4.78, 5) is 19.9. The summed E-state index contributed by atoms with van der Waals surface area (Å²) in [6, 6.07) is 1.69. The Balaban J connectivity index is 2.25. The van der Waals surface area contributed by atoms with Gasteiger partial charge in [0, 0.05) is 19.4 Å². The van der Waals surface area contributed by atoms with Crippen molar-refractivity contribution >= 4 is 21.7 Å². The predicted molar refractivity (Wildman–Crippen MR) is 70.4 cm³/mol. The summed E-state index contributed by atoms with van der Waals surface area (Å²) in [7, 11) is 1.83. The number of Topliss-reactive ketones (excluding diaryl/α,β-unsaturated/α-hetero) is 1. The van der Waals surface area contributed by atoms with Crippen LogP contribution in [-0.4, -0.2) is 25.5 Å². The molecule has 2 heterocycles. The van der Waals surface area contributed by atoms with Crippen LogP contribution >= 0.6 is 15.9 Å². The van der Waals surface area contributed by atoms with Crippen molar-refractivity contribution < 1.29 is 4.79 Å². The third-order valence-electron chi connectivity index (χ3n) is 2.65. The second-order valence-corrected chi connectivity index (χ2v) is 4.65. The highest BCUT2D eigenvalue weighted by atomic mass is 79.9. The maximum atomic E-state index is 12.0. The third kappa shape index (κ3) is 2.48. The van der Waals surface area contributed by atoms with Crippen molar-refractivity contribution in [3.8, 4) is 0 Å². The van der Waals surface area contributed by atoms with Gasteiger partial charge in [0.2, 0.25) is 5.78 Å². The molecule has 5 nitrogen and oxygen atoms in total. The number of hydrogen-bond donors (Lipinski definition) is 0. The van der Waals surface area contributed by atoms with E-state index in [4.69, 9.17) is 0 Å². The van der Waals surface area contributed by atoms with Gasteiger partial charge < -0.3 is 0 Å². The van der Waals surface area contributed by atoms with Crippen molar-refractivity contribution in [3.05, 3.63) is 40.1 Å². The standard InChI is InChI=1S/C12H13BrN4O/c1-3-8-11(13)9(17(2)16-8)7-10(18)12-14-5-4-6-15-12/h4-6H,3,7H2,1-2H3. The molecular weight excluding hydrogens is 296 g/mol. The van der Waals surface area contributed by atoms with Crippen molar-refractivity contribution in [3.63, 3.8) is 0 Å². The van der Waals surface area contributed by atoms with Crippen LogP contribution in [0.25, 0.3) is 0 Å². The molecule has 2 aromatic rings. The van der Waals surface area contributed by atoms with E-state index in [1.54, 1.807) is 23.1 Å². The van der Waals surface area contributed by atoms with Crippen molar-refractivity contribution in [2.75, 3.05) is 0 Å². The molecule has 2 rings (SSSR count). The van der Waals surface area contributed by atoms with Gasteiger partial charge >= 0.3 is 0 Å². The van der Waals surface area contributed by atoms with E-state index in [1.165, 1.54) is 0 Å². The van der Waals surface area contributed by atoms with Gasteiger partial charge in [-0.2, -0.15) is 5.10 Å². The molecule has 6 heteroatoms. The maximum absolute atomic E-state index is 12.0. The van der Waals surface area contributed by atoms with Gasteiger partial charge in [0.1, 0.15) is 0 Å². The fourth-order valence-corrected chi connectivity index (χ4v) is 2.44. The molecule has 0 aliphatic carbocycles. The lowest BCUT2D eigenvalue weighted by Gasteiger charge is -2.01. The van der Waals surface area contributed by atoms with Gasteiger partial charge in [0.05, 0.1) is 22.3 Å². The average molecular weight is 309 g/mol. The number of ketones is 1. The molecule has 0 radical (unpaired) electrons. The molecule has 0 bridgehead atoms. The van der Waals surface area contributed by atoms with Gasteiger partial charge in [-0.05, 0) is 28.4 Å². The lowest BCUT2D eigenvalue weighted by molar-refractivity contribution is 0.0980. The molecule has 0 amide bonds. The number of carbonyl (C=O) groups is 1. The lowest BCUT2D eigenvalue weighted by atomic mass is 10.2. The monoisotopic (exact) mass is 308 g/mol. The van der Waals surface area contributed by atoms with Gasteiger partial charge in [-0.3, -0.25) is 9.48 Å². The second kappa shape index (κ2) is 5.39. The van der Waals surface area contributed by atoms with Crippen LogP contribution < -0.4 is 0 Å². The highest BCUT2D eigenvalue weighted by molar-refractivity contribution is 9.10. The maximum Gasteiger partial charge on any atom is 0.205 e. The number of halogens is 1. The Kier molecular flexibility index (Phi) is 3.86. The molecule has 0 aliphatic rings. The summed E-state index contributed by atoms with van der Waals surface area (Å²) < 4.78 is 2.63. The van der Waals surface area contributed by atoms with Crippen LogP contribution in [0.3, 0.4) is 0 Å². The molecule has 0 atom stereocenters. The van der Waals surface area contributed by atoms with Gasteiger partial charge in [0.15, 0.2) is 5.82 Å². The van der Waals surface area contributed by atoms with Crippen LogP contribution in [0.5, 0.6) is 0 Å². The Bertz CT molecular complexity index is 565. The molecule has 0 spiro atoms. The first-order valence-electron chi connectivity index (χ1n) is 5.64. The van der Waals surface area contributed by atoms with Gasteiger partial charge in [-0.1, -0.05) is 6.92 Å². The number of hydrogen-bond acceptors (Lipinski definition) is 4. The van der Waals surface area contributed by atoms with E-state index in [2.05, 4.69) is 31.0 Å². The number of carbonyl (C=O) groups excluding carboxylic acids is 1. The first-order chi connectivity index (χ1) is 8.63. The van der Waals surface area contributed by atoms with Gasteiger partial charge in [-0.15, -0.1) is 0 Å². The van der Waals surface area contributed by atoms with E-state index in [9.17, 15) is 4.79 Å². The normalized spacial score (nSPS) is 10.6. The van der Waals surface area contributed by atoms with E-state index < -0.39 is 0 Å². The topological polar surface area (TPSA) is 60.7 Å². The quantitative estimate of drug-likeness (QED) is 0.810. The van der Waals surface area contributed by atoms with E-state index >= 15 is 0 Å². The van der Waals surface area contributed by atoms with Crippen molar-refractivity contribution in [1.29, 1.82) is 0 Å². The molecule has 0 saturated heterocycles. The highest BCUT2D eigenvalue weighted by Gasteiger charge is 2.17. The van der Waals surface area contributed by atoms with Crippen LogP contribution in [0.1, 0.15) is 28.9 Å². The largest absolute Gasteiger partial charge is 0.290 e. The smallest absolute Gasteiger partial charge is 0.205 e. The van der Waals surface area contributed by atoms with Crippen LogP contribution in [-0.2, 0) is 19.9 Å². The van der Waals surface area contributed by atoms with Gasteiger partial charge in [-0.25, -0.2) is 9.97 Å². The molecule has 18 heavy (non-hydrogen) atoms. The third-order valence-corrected chi connectivity index (χ3v) is 3.56. The minimum absolute atomic E-state index is 0.109. The minimum atomic E-state index is -0.109. The molecule has 2 aromatic heterocycles. The molecular formula is C12H13BrN4O. The van der Waals surface area contributed by atoms with Gasteiger partial charge in [0.25, 0.3) is 0 Å². The average Bonchev–Trinajstić information content (AvgIpc) is 2.67. The Morgan fingerprint density at radius 2 is 2.06 bits per heavy atom. The van der Waals surface area contributed by atoms with E-state index in [1.807, 2.05) is 14.0 Å². The zero-order valence-electron chi connectivity index (χ0n) is 10.2. The SMILES string of the molecule is CCc1nn(C)c(CC(=O)c2ncccn2)c1Br. The van der Waals surface area contributed by atoms with Crippen LogP contribution in [0, 0.1) is 0 Å². The fraction of sp³-hybridized carbons (Fsp3) is 0.333. The molecule has 94 valence electrons. The Morgan fingerprint density at radius 1 is 1.39 bits per heavy atom. The molecule has 0 saturated carbocycles. The summed E-state index contributed by atoms with van der Waals surface area (Å²) in [6.07, 6.45) is 4.20. The second-order valence-electron chi connectivity index (χ2n) is 3.86. The summed E-state index contributed by atoms with van der Waals surface area (Å²) in [5, 5.41) is 4.35. The molecule has 0 unspecified atom stereocenters. The Morgan fingerprint density at radius 3 is 2.61 bits per heavy atom. The van der Waals surface area contributed by atoms with E-state index in [0.717, 1.165) is 22.3 Å². The van der Waals surface area contributed by atoms with Crippen molar-refractivity contribution in [1.82, 2.24) is 19.7 Å². The molecule has 0 aliphatic heterocycles. The Labute approximate surface area is 113 Å². The molecule has 0 aromatic carbocycles. The predicted octanol–water partition coefficient (Wildman–Crippen LogP) is 1.96. The lowest BCUT2D eigenvalue weighted by Crippen LogP contribution is -2.11. The Hall–Kier alpha value is -1.56. The number of aromatic nitrogens is 4. The van der Waals surface area contributed by atoms with E-state index in [-0.39, 0.29) is 18.0 Å².